The Balaban J connectivity index is 1.70. The Labute approximate surface area is 91.6 Å². The topological polar surface area (TPSA) is 38.3 Å². The number of esters is 1. The van der Waals surface area contributed by atoms with Crippen LogP contribution in [0.15, 0.2) is 0 Å². The van der Waals surface area contributed by atoms with Crippen LogP contribution in [0.1, 0.15) is 38.5 Å². The van der Waals surface area contributed by atoms with Crippen molar-refractivity contribution in [3.63, 3.8) is 0 Å². The minimum atomic E-state index is -0.149. The van der Waals surface area contributed by atoms with E-state index in [0.717, 1.165) is 11.8 Å². The molecule has 2 atom stereocenters. The molecule has 15 heavy (non-hydrogen) atoms. The van der Waals surface area contributed by atoms with Crippen LogP contribution in [0.2, 0.25) is 0 Å². The first-order valence-electron chi connectivity index (χ1n) is 6.10. The minimum Gasteiger partial charge on any atom is -0.468 e. The zero-order chi connectivity index (χ0) is 10.7. The maximum absolute atomic E-state index is 11.0. The minimum absolute atomic E-state index is 0.149. The lowest BCUT2D eigenvalue weighted by Crippen LogP contribution is -2.38. The molecule has 0 bridgehead atoms. The molecule has 2 aliphatic rings. The Morgan fingerprint density at radius 1 is 1.27 bits per heavy atom. The number of nitrogens with one attached hydrogen (secondary N) is 1. The fourth-order valence-electron chi connectivity index (χ4n) is 2.71. The first kappa shape index (κ1) is 10.9. The zero-order valence-corrected chi connectivity index (χ0v) is 9.50. The molecule has 0 aliphatic heterocycles. The van der Waals surface area contributed by atoms with Gasteiger partial charge in [-0.25, -0.2) is 0 Å². The lowest BCUT2D eigenvalue weighted by atomic mass is 9.83. The van der Waals surface area contributed by atoms with Crippen molar-refractivity contribution >= 4 is 5.97 Å². The Morgan fingerprint density at radius 3 is 2.73 bits per heavy atom. The van der Waals surface area contributed by atoms with E-state index in [-0.39, 0.29) is 5.97 Å². The number of methoxy groups -OCH3 is 1. The van der Waals surface area contributed by atoms with Gasteiger partial charge in [-0.05, 0) is 37.5 Å². The summed E-state index contributed by atoms with van der Waals surface area (Å²) < 4.78 is 4.63. The molecule has 2 unspecified atom stereocenters. The second-order valence-electron chi connectivity index (χ2n) is 4.92. The van der Waals surface area contributed by atoms with Gasteiger partial charge < -0.3 is 10.1 Å². The van der Waals surface area contributed by atoms with E-state index in [1.54, 1.807) is 0 Å². The van der Waals surface area contributed by atoms with E-state index in [1.807, 2.05) is 0 Å². The van der Waals surface area contributed by atoms with Crippen molar-refractivity contribution < 1.29 is 9.53 Å². The molecule has 0 saturated heterocycles. The fourth-order valence-corrected chi connectivity index (χ4v) is 2.71. The SMILES string of the molecule is COC(=O)CNC1CCCC(C2CC2)C1. The second-order valence-corrected chi connectivity index (χ2v) is 4.92. The van der Waals surface area contributed by atoms with Gasteiger partial charge >= 0.3 is 5.97 Å². The van der Waals surface area contributed by atoms with E-state index in [9.17, 15) is 4.79 Å². The zero-order valence-electron chi connectivity index (χ0n) is 9.50. The molecule has 3 heteroatoms. The van der Waals surface area contributed by atoms with E-state index >= 15 is 0 Å². The van der Waals surface area contributed by atoms with E-state index in [1.165, 1.54) is 45.6 Å². The molecule has 2 fully saturated rings. The molecular weight excluding hydrogens is 190 g/mol. The molecule has 2 aliphatic carbocycles. The van der Waals surface area contributed by atoms with Crippen molar-refractivity contribution in [1.29, 1.82) is 0 Å². The van der Waals surface area contributed by atoms with Crippen LogP contribution in [-0.2, 0) is 9.53 Å². The molecule has 0 heterocycles. The van der Waals surface area contributed by atoms with Crippen LogP contribution in [0.3, 0.4) is 0 Å². The van der Waals surface area contributed by atoms with Crippen molar-refractivity contribution in [2.45, 2.75) is 44.6 Å². The molecule has 3 nitrogen and oxygen atoms in total. The lowest BCUT2D eigenvalue weighted by Gasteiger charge is -2.29. The monoisotopic (exact) mass is 211 g/mol. The predicted molar refractivity (Wildman–Crippen MR) is 58.5 cm³/mol. The van der Waals surface area contributed by atoms with Gasteiger partial charge in [-0.15, -0.1) is 0 Å². The summed E-state index contributed by atoms with van der Waals surface area (Å²) in [6.45, 7) is 0.374. The second kappa shape index (κ2) is 4.97. The van der Waals surface area contributed by atoms with Gasteiger partial charge in [-0.3, -0.25) is 4.79 Å². The number of carbonyl (C=O) groups is 1. The van der Waals surface area contributed by atoms with Crippen molar-refractivity contribution in [2.75, 3.05) is 13.7 Å². The summed E-state index contributed by atoms with van der Waals surface area (Å²) in [6.07, 6.45) is 8.09. The number of hydrogen-bond acceptors (Lipinski definition) is 3. The maximum Gasteiger partial charge on any atom is 0.319 e. The first-order valence-corrected chi connectivity index (χ1v) is 6.10. The fraction of sp³-hybridized carbons (Fsp3) is 0.917. The van der Waals surface area contributed by atoms with Crippen LogP contribution in [0.5, 0.6) is 0 Å². The Bertz CT molecular complexity index is 226. The number of ether oxygens (including phenoxy) is 1. The Morgan fingerprint density at radius 2 is 2.07 bits per heavy atom. The Kier molecular flexibility index (Phi) is 3.62. The van der Waals surface area contributed by atoms with Crippen LogP contribution in [-0.4, -0.2) is 25.7 Å². The van der Waals surface area contributed by atoms with Crippen molar-refractivity contribution in [2.24, 2.45) is 11.8 Å². The maximum atomic E-state index is 11.0. The molecule has 0 aromatic carbocycles. The smallest absolute Gasteiger partial charge is 0.319 e. The van der Waals surface area contributed by atoms with E-state index in [0.29, 0.717) is 12.6 Å². The van der Waals surface area contributed by atoms with Gasteiger partial charge in [0.15, 0.2) is 0 Å². The van der Waals surface area contributed by atoms with E-state index < -0.39 is 0 Å². The van der Waals surface area contributed by atoms with Gasteiger partial charge in [0, 0.05) is 6.04 Å². The summed E-state index contributed by atoms with van der Waals surface area (Å²) >= 11 is 0. The van der Waals surface area contributed by atoms with Gasteiger partial charge in [-0.1, -0.05) is 12.8 Å². The number of carbonyl (C=O) groups excluding carboxylic acids is 1. The molecule has 0 amide bonds. The molecule has 86 valence electrons. The largest absolute Gasteiger partial charge is 0.468 e. The van der Waals surface area contributed by atoms with Crippen LogP contribution < -0.4 is 5.32 Å². The first-order chi connectivity index (χ1) is 7.29. The van der Waals surface area contributed by atoms with Gasteiger partial charge in [0.05, 0.1) is 13.7 Å². The van der Waals surface area contributed by atoms with Crippen molar-refractivity contribution in [1.82, 2.24) is 5.32 Å². The highest BCUT2D eigenvalue weighted by molar-refractivity contribution is 5.71. The molecule has 2 rings (SSSR count). The highest BCUT2D eigenvalue weighted by Crippen LogP contribution is 2.43. The molecule has 1 N–H and O–H groups in total. The normalized spacial score (nSPS) is 31.3. The van der Waals surface area contributed by atoms with Crippen LogP contribution in [0.4, 0.5) is 0 Å². The quantitative estimate of drug-likeness (QED) is 0.720. The lowest BCUT2D eigenvalue weighted by molar-refractivity contribution is -0.139. The number of rotatable bonds is 4. The van der Waals surface area contributed by atoms with Crippen LogP contribution in [0, 0.1) is 11.8 Å². The third-order valence-electron chi connectivity index (χ3n) is 3.77. The van der Waals surface area contributed by atoms with E-state index in [4.69, 9.17) is 0 Å². The average molecular weight is 211 g/mol. The van der Waals surface area contributed by atoms with Gasteiger partial charge in [-0.2, -0.15) is 0 Å². The van der Waals surface area contributed by atoms with Crippen molar-refractivity contribution in [3.05, 3.63) is 0 Å². The highest BCUT2D eigenvalue weighted by atomic mass is 16.5. The summed E-state index contributed by atoms with van der Waals surface area (Å²) in [5.74, 6) is 1.78. The van der Waals surface area contributed by atoms with Gasteiger partial charge in [0.1, 0.15) is 0 Å². The summed E-state index contributed by atoms with van der Waals surface area (Å²) in [7, 11) is 1.44. The molecular formula is C12H21NO2. The molecule has 0 aromatic heterocycles. The summed E-state index contributed by atoms with van der Waals surface area (Å²) in [4.78, 5) is 11.0. The average Bonchev–Trinajstić information content (AvgIpc) is 3.10. The standard InChI is InChI=1S/C12H21NO2/c1-15-12(14)8-13-11-4-2-3-10(7-11)9-5-6-9/h9-11,13H,2-8H2,1H3. The Hall–Kier alpha value is -0.570. The molecule has 0 spiro atoms. The van der Waals surface area contributed by atoms with E-state index in [2.05, 4.69) is 10.1 Å². The summed E-state index contributed by atoms with van der Waals surface area (Å²) in [6, 6.07) is 0.545. The third kappa shape index (κ3) is 3.20. The van der Waals surface area contributed by atoms with Crippen LogP contribution in [0.25, 0.3) is 0 Å². The van der Waals surface area contributed by atoms with Crippen molar-refractivity contribution in [3.8, 4) is 0 Å². The molecule has 0 radical (unpaired) electrons. The van der Waals surface area contributed by atoms with Gasteiger partial charge in [0.2, 0.25) is 0 Å². The summed E-state index contributed by atoms with van der Waals surface area (Å²) in [5.41, 5.74) is 0. The highest BCUT2D eigenvalue weighted by Gasteiger charge is 2.34. The van der Waals surface area contributed by atoms with Crippen LogP contribution >= 0.6 is 0 Å². The number of hydrogen-bond donors (Lipinski definition) is 1. The summed E-state index contributed by atoms with van der Waals surface area (Å²) in [5, 5.41) is 3.31. The molecule has 0 aromatic rings. The predicted octanol–water partition coefficient (Wildman–Crippen LogP) is 1.72. The molecule has 2 saturated carbocycles. The van der Waals surface area contributed by atoms with Gasteiger partial charge in [0.25, 0.3) is 0 Å². The third-order valence-corrected chi connectivity index (χ3v) is 3.77.